The first kappa shape index (κ1) is 12.2. The van der Waals surface area contributed by atoms with Crippen molar-refractivity contribution < 1.29 is 9.53 Å². The molecule has 3 heteroatoms. The summed E-state index contributed by atoms with van der Waals surface area (Å²) in [6.45, 7) is 2.08. The highest BCUT2D eigenvalue weighted by atomic mass is 79.9. The van der Waals surface area contributed by atoms with E-state index in [9.17, 15) is 4.79 Å². The number of carbonyl (C=O) groups excluding carboxylic acids is 1. The largest absolute Gasteiger partial charge is 0.496 e. The van der Waals surface area contributed by atoms with Crippen molar-refractivity contribution in [2.45, 2.75) is 26.2 Å². The van der Waals surface area contributed by atoms with Gasteiger partial charge in [-0.25, -0.2) is 0 Å². The number of ketones is 1. The van der Waals surface area contributed by atoms with E-state index in [1.54, 1.807) is 13.2 Å². The quantitative estimate of drug-likeness (QED) is 0.761. The lowest BCUT2D eigenvalue weighted by Crippen LogP contribution is -1.99. The molecule has 0 spiro atoms. The van der Waals surface area contributed by atoms with E-state index >= 15 is 0 Å². The lowest BCUT2D eigenvalue weighted by atomic mass is 10.1. The van der Waals surface area contributed by atoms with Gasteiger partial charge in [0.25, 0.3) is 0 Å². The number of Topliss-reactive ketones (excluding diaryl/α,β-unsaturated/α-hetero) is 1. The Labute approximate surface area is 98.8 Å². The van der Waals surface area contributed by atoms with E-state index in [0.717, 1.165) is 22.9 Å². The SMILES string of the molecule is CCCCC(=O)c1ccc(Br)c(OC)c1. The van der Waals surface area contributed by atoms with Gasteiger partial charge in [0.15, 0.2) is 5.78 Å². The molecular weight excluding hydrogens is 256 g/mol. The topological polar surface area (TPSA) is 26.3 Å². The summed E-state index contributed by atoms with van der Waals surface area (Å²) in [5.41, 5.74) is 0.725. The van der Waals surface area contributed by atoms with Crippen molar-refractivity contribution in [3.8, 4) is 5.75 Å². The molecule has 0 unspecified atom stereocenters. The lowest BCUT2D eigenvalue weighted by Gasteiger charge is -2.05. The molecule has 2 nitrogen and oxygen atoms in total. The van der Waals surface area contributed by atoms with Crippen LogP contribution in [0.5, 0.6) is 5.75 Å². The van der Waals surface area contributed by atoms with E-state index in [-0.39, 0.29) is 5.78 Å². The van der Waals surface area contributed by atoms with Crippen molar-refractivity contribution in [2.75, 3.05) is 7.11 Å². The number of rotatable bonds is 5. The van der Waals surface area contributed by atoms with Gasteiger partial charge in [-0.15, -0.1) is 0 Å². The van der Waals surface area contributed by atoms with Crippen molar-refractivity contribution in [3.05, 3.63) is 28.2 Å². The van der Waals surface area contributed by atoms with Crippen LogP contribution in [0.3, 0.4) is 0 Å². The van der Waals surface area contributed by atoms with Gasteiger partial charge in [0.05, 0.1) is 11.6 Å². The van der Waals surface area contributed by atoms with Gasteiger partial charge in [-0.2, -0.15) is 0 Å². The van der Waals surface area contributed by atoms with Gasteiger partial charge in [0.2, 0.25) is 0 Å². The van der Waals surface area contributed by atoms with Crippen LogP contribution in [-0.4, -0.2) is 12.9 Å². The molecule has 0 heterocycles. The van der Waals surface area contributed by atoms with E-state index in [0.29, 0.717) is 12.2 Å². The fourth-order valence-electron chi connectivity index (χ4n) is 1.31. The van der Waals surface area contributed by atoms with Gasteiger partial charge in [0.1, 0.15) is 5.75 Å². The monoisotopic (exact) mass is 270 g/mol. The Morgan fingerprint density at radius 1 is 1.47 bits per heavy atom. The van der Waals surface area contributed by atoms with E-state index < -0.39 is 0 Å². The fourth-order valence-corrected chi connectivity index (χ4v) is 1.72. The second-order valence-electron chi connectivity index (χ2n) is 3.38. The second kappa shape index (κ2) is 5.91. The minimum absolute atomic E-state index is 0.183. The molecule has 0 aliphatic heterocycles. The highest BCUT2D eigenvalue weighted by molar-refractivity contribution is 9.10. The smallest absolute Gasteiger partial charge is 0.163 e. The third kappa shape index (κ3) is 3.34. The Hall–Kier alpha value is -0.830. The molecular formula is C12H15BrO2. The van der Waals surface area contributed by atoms with Crippen LogP contribution >= 0.6 is 15.9 Å². The predicted molar refractivity (Wildman–Crippen MR) is 64.5 cm³/mol. The van der Waals surface area contributed by atoms with Crippen LogP contribution in [0.1, 0.15) is 36.5 Å². The maximum atomic E-state index is 11.7. The Kier molecular flexibility index (Phi) is 4.82. The van der Waals surface area contributed by atoms with Crippen molar-refractivity contribution in [1.29, 1.82) is 0 Å². The maximum absolute atomic E-state index is 11.7. The Balaban J connectivity index is 2.81. The van der Waals surface area contributed by atoms with Gasteiger partial charge in [-0.3, -0.25) is 4.79 Å². The third-order valence-electron chi connectivity index (χ3n) is 2.23. The summed E-state index contributed by atoms with van der Waals surface area (Å²) in [6, 6.07) is 5.45. The van der Waals surface area contributed by atoms with Gasteiger partial charge in [-0.05, 0) is 34.5 Å². The molecule has 1 aromatic carbocycles. The van der Waals surface area contributed by atoms with Crippen LogP contribution in [0.25, 0.3) is 0 Å². The highest BCUT2D eigenvalue weighted by Crippen LogP contribution is 2.26. The molecule has 82 valence electrons. The zero-order valence-electron chi connectivity index (χ0n) is 9.05. The molecule has 0 bridgehead atoms. The van der Waals surface area contributed by atoms with Crippen molar-refractivity contribution >= 4 is 21.7 Å². The molecule has 0 radical (unpaired) electrons. The molecule has 15 heavy (non-hydrogen) atoms. The normalized spacial score (nSPS) is 10.1. The number of hydrogen-bond donors (Lipinski definition) is 0. The molecule has 0 aliphatic carbocycles. The maximum Gasteiger partial charge on any atom is 0.163 e. The van der Waals surface area contributed by atoms with Gasteiger partial charge < -0.3 is 4.74 Å². The minimum Gasteiger partial charge on any atom is -0.496 e. The minimum atomic E-state index is 0.183. The van der Waals surface area contributed by atoms with Crippen LogP contribution in [-0.2, 0) is 0 Å². The molecule has 1 aromatic rings. The summed E-state index contributed by atoms with van der Waals surface area (Å²) in [5.74, 6) is 0.889. The molecule has 0 atom stereocenters. The molecule has 0 saturated heterocycles. The third-order valence-corrected chi connectivity index (χ3v) is 2.89. The number of ether oxygens (including phenoxy) is 1. The summed E-state index contributed by atoms with van der Waals surface area (Å²) in [7, 11) is 1.60. The molecule has 0 saturated carbocycles. The summed E-state index contributed by atoms with van der Waals surface area (Å²) in [4.78, 5) is 11.7. The number of unbranched alkanes of at least 4 members (excludes halogenated alkanes) is 1. The van der Waals surface area contributed by atoms with Gasteiger partial charge in [0, 0.05) is 12.0 Å². The Morgan fingerprint density at radius 3 is 2.80 bits per heavy atom. The van der Waals surface area contributed by atoms with Crippen LogP contribution < -0.4 is 4.74 Å². The van der Waals surface area contributed by atoms with E-state index in [1.807, 2.05) is 12.1 Å². The average Bonchev–Trinajstić information content (AvgIpc) is 2.26. The van der Waals surface area contributed by atoms with Crippen molar-refractivity contribution in [1.82, 2.24) is 0 Å². The zero-order chi connectivity index (χ0) is 11.3. The van der Waals surface area contributed by atoms with E-state index in [4.69, 9.17) is 4.74 Å². The number of methoxy groups -OCH3 is 1. The first-order valence-electron chi connectivity index (χ1n) is 5.05. The standard InChI is InChI=1S/C12H15BrO2/c1-3-4-5-11(14)9-6-7-10(13)12(8-9)15-2/h6-8H,3-5H2,1-2H3. The zero-order valence-corrected chi connectivity index (χ0v) is 10.6. The van der Waals surface area contributed by atoms with Crippen LogP contribution in [0.15, 0.2) is 22.7 Å². The average molecular weight is 271 g/mol. The van der Waals surface area contributed by atoms with Crippen LogP contribution in [0.4, 0.5) is 0 Å². The number of carbonyl (C=O) groups is 1. The first-order valence-corrected chi connectivity index (χ1v) is 5.85. The molecule has 0 fully saturated rings. The number of benzene rings is 1. The number of halogens is 1. The predicted octanol–water partition coefficient (Wildman–Crippen LogP) is 3.83. The first-order chi connectivity index (χ1) is 7.19. The van der Waals surface area contributed by atoms with Gasteiger partial charge in [-0.1, -0.05) is 19.4 Å². The Morgan fingerprint density at radius 2 is 2.20 bits per heavy atom. The van der Waals surface area contributed by atoms with Crippen molar-refractivity contribution in [3.63, 3.8) is 0 Å². The fraction of sp³-hybridized carbons (Fsp3) is 0.417. The molecule has 0 aromatic heterocycles. The summed E-state index contributed by atoms with van der Waals surface area (Å²) < 4.78 is 6.01. The molecule has 1 rings (SSSR count). The lowest BCUT2D eigenvalue weighted by molar-refractivity contribution is 0.0979. The Bertz CT molecular complexity index is 347. The van der Waals surface area contributed by atoms with Crippen LogP contribution in [0.2, 0.25) is 0 Å². The highest BCUT2D eigenvalue weighted by Gasteiger charge is 2.08. The van der Waals surface area contributed by atoms with Gasteiger partial charge >= 0.3 is 0 Å². The number of hydrogen-bond acceptors (Lipinski definition) is 2. The summed E-state index contributed by atoms with van der Waals surface area (Å²) in [5, 5.41) is 0. The second-order valence-corrected chi connectivity index (χ2v) is 4.23. The van der Waals surface area contributed by atoms with Crippen molar-refractivity contribution in [2.24, 2.45) is 0 Å². The summed E-state index contributed by atoms with van der Waals surface area (Å²) in [6.07, 6.45) is 2.60. The van der Waals surface area contributed by atoms with E-state index in [1.165, 1.54) is 0 Å². The van der Waals surface area contributed by atoms with E-state index in [2.05, 4.69) is 22.9 Å². The molecule has 0 amide bonds. The van der Waals surface area contributed by atoms with Crippen LogP contribution in [0, 0.1) is 0 Å². The molecule has 0 N–H and O–H groups in total. The summed E-state index contributed by atoms with van der Waals surface area (Å²) >= 11 is 3.36. The molecule has 0 aliphatic rings.